The maximum Gasteiger partial charge on any atom is 0.169 e. The predicted octanol–water partition coefficient (Wildman–Crippen LogP) is 2.82. The van der Waals surface area contributed by atoms with Gasteiger partial charge in [-0.3, -0.25) is 0 Å². The Morgan fingerprint density at radius 2 is 1.79 bits per heavy atom. The highest BCUT2D eigenvalue weighted by molar-refractivity contribution is 5.69. The molecule has 19 heavy (non-hydrogen) atoms. The first-order chi connectivity index (χ1) is 9.15. The number of aromatic nitrogens is 1. The smallest absolute Gasteiger partial charge is 0.169 e. The number of ether oxygens (including phenoxy) is 2. The van der Waals surface area contributed by atoms with Gasteiger partial charge in [0.1, 0.15) is 13.2 Å². The largest absolute Gasteiger partial charge is 0.486 e. The number of rotatable bonds is 2. The Labute approximate surface area is 111 Å². The fourth-order valence-electron chi connectivity index (χ4n) is 2.21. The summed E-state index contributed by atoms with van der Waals surface area (Å²) in [6.45, 7) is 5.38. The van der Waals surface area contributed by atoms with Gasteiger partial charge in [-0.05, 0) is 23.6 Å². The molecule has 0 spiro atoms. The molecule has 2 aromatic rings. The topological polar surface area (TPSA) is 70.5 Å². The van der Waals surface area contributed by atoms with Gasteiger partial charge in [0.15, 0.2) is 23.1 Å². The second kappa shape index (κ2) is 4.50. The summed E-state index contributed by atoms with van der Waals surface area (Å²) in [6, 6.07) is 5.66. The Balaban J connectivity index is 2.16. The second-order valence-electron chi connectivity index (χ2n) is 4.85. The van der Waals surface area contributed by atoms with Gasteiger partial charge in [0.25, 0.3) is 0 Å². The number of anilines is 1. The number of benzene rings is 1. The molecule has 0 unspecified atom stereocenters. The van der Waals surface area contributed by atoms with E-state index in [1.54, 1.807) is 6.07 Å². The summed E-state index contributed by atoms with van der Waals surface area (Å²) in [4.78, 5) is 0. The van der Waals surface area contributed by atoms with Gasteiger partial charge in [0.05, 0.1) is 0 Å². The fourth-order valence-corrected chi connectivity index (χ4v) is 2.21. The van der Waals surface area contributed by atoms with Crippen molar-refractivity contribution in [2.75, 3.05) is 18.9 Å². The number of nitrogens with zero attached hydrogens (tertiary/aromatic N) is 1. The maximum atomic E-state index is 5.62. The summed E-state index contributed by atoms with van der Waals surface area (Å²) < 4.78 is 16.5. The summed E-state index contributed by atoms with van der Waals surface area (Å²) in [7, 11) is 0. The average Bonchev–Trinajstić information content (AvgIpc) is 2.83. The third kappa shape index (κ3) is 2.12. The van der Waals surface area contributed by atoms with Gasteiger partial charge >= 0.3 is 0 Å². The van der Waals surface area contributed by atoms with Gasteiger partial charge in [0.2, 0.25) is 0 Å². The molecule has 2 N–H and O–H groups in total. The van der Waals surface area contributed by atoms with Gasteiger partial charge in [-0.2, -0.15) is 0 Å². The van der Waals surface area contributed by atoms with E-state index in [4.69, 9.17) is 19.7 Å². The first kappa shape index (κ1) is 11.9. The molecule has 0 saturated heterocycles. The van der Waals surface area contributed by atoms with Gasteiger partial charge < -0.3 is 19.7 Å². The van der Waals surface area contributed by atoms with Crippen LogP contribution in [-0.4, -0.2) is 18.4 Å². The molecular formula is C14H16N2O3. The van der Waals surface area contributed by atoms with Gasteiger partial charge in [0, 0.05) is 11.6 Å². The van der Waals surface area contributed by atoms with E-state index >= 15 is 0 Å². The van der Waals surface area contributed by atoms with Crippen LogP contribution in [0.2, 0.25) is 0 Å². The lowest BCUT2D eigenvalue weighted by molar-refractivity contribution is 0.171. The molecule has 5 nitrogen and oxygen atoms in total. The Kier molecular flexibility index (Phi) is 2.81. The third-order valence-electron chi connectivity index (χ3n) is 3.13. The molecule has 1 aromatic heterocycles. The number of nitrogens with two attached hydrogens (primary N) is 1. The minimum atomic E-state index is 0.331. The molecule has 3 rings (SSSR count). The van der Waals surface area contributed by atoms with Crippen molar-refractivity contribution < 1.29 is 14.0 Å². The Morgan fingerprint density at radius 3 is 2.37 bits per heavy atom. The average molecular weight is 260 g/mol. The van der Waals surface area contributed by atoms with Crippen LogP contribution < -0.4 is 15.2 Å². The van der Waals surface area contributed by atoms with Crippen molar-refractivity contribution in [1.82, 2.24) is 5.16 Å². The lowest BCUT2D eigenvalue weighted by Crippen LogP contribution is -2.15. The Bertz CT molecular complexity index is 605. The van der Waals surface area contributed by atoms with E-state index in [9.17, 15) is 0 Å². The van der Waals surface area contributed by atoms with Crippen molar-refractivity contribution in [1.29, 1.82) is 0 Å². The van der Waals surface area contributed by atoms with Crippen molar-refractivity contribution in [3.63, 3.8) is 0 Å². The summed E-state index contributed by atoms with van der Waals surface area (Å²) in [6.07, 6.45) is 0. The molecule has 1 aromatic carbocycles. The van der Waals surface area contributed by atoms with Crippen molar-refractivity contribution in [2.45, 2.75) is 19.8 Å². The minimum absolute atomic E-state index is 0.331. The van der Waals surface area contributed by atoms with Crippen molar-refractivity contribution in [3.05, 3.63) is 23.8 Å². The van der Waals surface area contributed by atoms with Gasteiger partial charge in [-0.15, -0.1) is 0 Å². The van der Waals surface area contributed by atoms with Gasteiger partial charge in [-0.25, -0.2) is 0 Å². The maximum absolute atomic E-state index is 5.62. The predicted molar refractivity (Wildman–Crippen MR) is 71.4 cm³/mol. The van der Waals surface area contributed by atoms with Crippen LogP contribution in [0.5, 0.6) is 11.5 Å². The van der Waals surface area contributed by atoms with Crippen molar-refractivity contribution >= 4 is 5.82 Å². The van der Waals surface area contributed by atoms with E-state index in [1.807, 2.05) is 12.1 Å². The standard InChI is InChI=1S/C14H16N2O3/c1-8(2)9-5-12-13(18-4-3-17-12)6-10(9)11-7-14(15)16-19-11/h5-8H,3-4H2,1-2H3,(H2,15,16). The van der Waals surface area contributed by atoms with Gasteiger partial charge in [-0.1, -0.05) is 19.0 Å². The van der Waals surface area contributed by atoms with E-state index in [1.165, 1.54) is 0 Å². The van der Waals surface area contributed by atoms with Crippen LogP contribution in [-0.2, 0) is 0 Å². The highest BCUT2D eigenvalue weighted by Gasteiger charge is 2.20. The summed E-state index contributed by atoms with van der Waals surface area (Å²) >= 11 is 0. The number of nitrogen functional groups attached to an aromatic ring is 1. The summed E-state index contributed by atoms with van der Waals surface area (Å²) in [5.41, 5.74) is 7.69. The molecular weight excluding hydrogens is 244 g/mol. The molecule has 0 aliphatic carbocycles. The van der Waals surface area contributed by atoms with E-state index in [0.29, 0.717) is 30.7 Å². The zero-order valence-electron chi connectivity index (χ0n) is 11.0. The first-order valence-electron chi connectivity index (χ1n) is 6.31. The Morgan fingerprint density at radius 1 is 1.11 bits per heavy atom. The molecule has 0 radical (unpaired) electrons. The number of hydrogen-bond donors (Lipinski definition) is 1. The zero-order chi connectivity index (χ0) is 13.4. The highest BCUT2D eigenvalue weighted by atomic mass is 16.6. The van der Waals surface area contributed by atoms with E-state index < -0.39 is 0 Å². The number of fused-ring (bicyclic) bond motifs is 1. The molecule has 0 saturated carbocycles. The SMILES string of the molecule is CC(C)c1cc2c(cc1-c1cc(N)no1)OCCO2. The molecule has 0 atom stereocenters. The molecule has 100 valence electrons. The lowest BCUT2D eigenvalue weighted by atomic mass is 9.95. The second-order valence-corrected chi connectivity index (χ2v) is 4.85. The molecule has 0 amide bonds. The van der Waals surface area contributed by atoms with Crippen molar-refractivity contribution in [3.8, 4) is 22.8 Å². The monoisotopic (exact) mass is 260 g/mol. The molecule has 5 heteroatoms. The van der Waals surface area contributed by atoms with Crippen molar-refractivity contribution in [2.24, 2.45) is 0 Å². The molecule has 0 bridgehead atoms. The normalized spacial score (nSPS) is 13.8. The highest BCUT2D eigenvalue weighted by Crippen LogP contribution is 2.40. The molecule has 1 aliphatic heterocycles. The van der Waals surface area contributed by atoms with E-state index in [-0.39, 0.29) is 0 Å². The van der Waals surface area contributed by atoms with Crippen LogP contribution in [0.4, 0.5) is 5.82 Å². The lowest BCUT2D eigenvalue weighted by Gasteiger charge is -2.21. The summed E-state index contributed by atoms with van der Waals surface area (Å²) in [5, 5.41) is 3.74. The quantitative estimate of drug-likeness (QED) is 0.899. The summed E-state index contributed by atoms with van der Waals surface area (Å²) in [5.74, 6) is 2.88. The first-order valence-corrected chi connectivity index (χ1v) is 6.31. The third-order valence-corrected chi connectivity index (χ3v) is 3.13. The van der Waals surface area contributed by atoms with Crippen LogP contribution >= 0.6 is 0 Å². The van der Waals surface area contributed by atoms with Crippen LogP contribution in [0, 0.1) is 0 Å². The zero-order valence-corrected chi connectivity index (χ0v) is 11.0. The van der Waals surface area contributed by atoms with E-state index in [2.05, 4.69) is 19.0 Å². The van der Waals surface area contributed by atoms with Crippen LogP contribution in [0.1, 0.15) is 25.3 Å². The van der Waals surface area contributed by atoms with Crippen LogP contribution in [0.3, 0.4) is 0 Å². The Hall–Kier alpha value is -2.17. The van der Waals surface area contributed by atoms with Crippen LogP contribution in [0.25, 0.3) is 11.3 Å². The van der Waals surface area contributed by atoms with Crippen LogP contribution in [0.15, 0.2) is 22.7 Å². The fraction of sp³-hybridized carbons (Fsp3) is 0.357. The molecule has 2 heterocycles. The number of hydrogen-bond acceptors (Lipinski definition) is 5. The molecule has 0 fully saturated rings. The molecule has 1 aliphatic rings. The van der Waals surface area contributed by atoms with E-state index in [0.717, 1.165) is 22.6 Å². The minimum Gasteiger partial charge on any atom is -0.486 e.